The number of carboxylic acids is 1. The smallest absolute Gasteiger partial charge is 0.408 e. The Hall–Kier alpha value is -3.58. The summed E-state index contributed by atoms with van der Waals surface area (Å²) in [7, 11) is 1.59. The number of rotatable bonds is 6. The molecule has 3 aliphatic rings. The average Bonchev–Trinajstić information content (AvgIpc) is 3.58. The van der Waals surface area contributed by atoms with Gasteiger partial charge in [0.05, 0.1) is 25.7 Å². The summed E-state index contributed by atoms with van der Waals surface area (Å²) in [5.41, 5.74) is -2.02. The summed E-state index contributed by atoms with van der Waals surface area (Å²) < 4.78 is 16.7. The van der Waals surface area contributed by atoms with E-state index in [1.807, 2.05) is 38.1 Å². The zero-order valence-electron chi connectivity index (χ0n) is 28.6. The largest absolute Gasteiger partial charge is 0.497 e. The fourth-order valence-corrected chi connectivity index (χ4v) is 8.12. The number of hydrogen-bond acceptors (Lipinski definition) is 10. The third-order valence-electron chi connectivity index (χ3n) is 9.55. The first kappa shape index (κ1) is 35.7. The summed E-state index contributed by atoms with van der Waals surface area (Å²) in [6.45, 7) is 9.21. The van der Waals surface area contributed by atoms with E-state index in [1.54, 1.807) is 50.7 Å². The molecular weight excluding hydrogens is 636 g/mol. The molecule has 1 aromatic carbocycles. The van der Waals surface area contributed by atoms with Crippen LogP contribution in [0.3, 0.4) is 0 Å². The van der Waals surface area contributed by atoms with Gasteiger partial charge in [0, 0.05) is 22.8 Å². The van der Waals surface area contributed by atoms with Crippen molar-refractivity contribution in [3.8, 4) is 11.6 Å². The minimum Gasteiger partial charge on any atom is -0.497 e. The molecule has 262 valence electrons. The highest BCUT2D eigenvalue weighted by atomic mass is 32.2. The van der Waals surface area contributed by atoms with Crippen LogP contribution in [0.4, 0.5) is 4.79 Å². The van der Waals surface area contributed by atoms with Crippen molar-refractivity contribution in [1.82, 2.24) is 20.5 Å². The van der Waals surface area contributed by atoms with E-state index in [4.69, 9.17) is 14.2 Å². The van der Waals surface area contributed by atoms with Crippen LogP contribution in [0.1, 0.15) is 73.1 Å². The molecule has 1 unspecified atom stereocenters. The van der Waals surface area contributed by atoms with Crippen molar-refractivity contribution in [3.63, 3.8) is 0 Å². The Morgan fingerprint density at radius 1 is 1.19 bits per heavy atom. The van der Waals surface area contributed by atoms with Crippen LogP contribution in [-0.4, -0.2) is 98.8 Å². The maximum atomic E-state index is 14.7. The third-order valence-corrected chi connectivity index (χ3v) is 11.0. The van der Waals surface area contributed by atoms with E-state index in [0.717, 1.165) is 42.2 Å². The van der Waals surface area contributed by atoms with Crippen LogP contribution in [0.15, 0.2) is 30.5 Å². The molecule has 6 atom stereocenters. The van der Waals surface area contributed by atoms with Gasteiger partial charge in [-0.15, -0.1) is 0 Å². The molecule has 0 radical (unpaired) electrons. The van der Waals surface area contributed by atoms with Gasteiger partial charge in [0.1, 0.15) is 35.3 Å². The van der Waals surface area contributed by atoms with Gasteiger partial charge in [0.2, 0.25) is 11.8 Å². The number of nitrogens with zero attached hydrogens (tertiary/aromatic N) is 2. The first-order valence-electron chi connectivity index (χ1n) is 16.7. The predicted octanol–water partition coefficient (Wildman–Crippen LogP) is 4.57. The Morgan fingerprint density at radius 3 is 2.65 bits per heavy atom. The van der Waals surface area contributed by atoms with Gasteiger partial charge in [-0.25, -0.2) is 9.78 Å². The lowest BCUT2D eigenvalue weighted by atomic mass is 9.99. The Kier molecular flexibility index (Phi) is 10.5. The van der Waals surface area contributed by atoms with E-state index in [1.165, 1.54) is 0 Å². The first-order valence-corrected chi connectivity index (χ1v) is 17.7. The molecule has 1 aromatic heterocycles. The van der Waals surface area contributed by atoms with Gasteiger partial charge in [0.25, 0.3) is 0 Å². The molecule has 3 heterocycles. The second kappa shape index (κ2) is 14.1. The average molecular weight is 685 g/mol. The predicted molar refractivity (Wildman–Crippen MR) is 182 cm³/mol. The molecule has 0 spiro atoms. The maximum absolute atomic E-state index is 14.7. The minimum absolute atomic E-state index is 0.0977. The van der Waals surface area contributed by atoms with Gasteiger partial charge in [-0.1, -0.05) is 12.8 Å². The highest BCUT2D eigenvalue weighted by molar-refractivity contribution is 8.00. The van der Waals surface area contributed by atoms with Gasteiger partial charge >= 0.3 is 12.1 Å². The summed E-state index contributed by atoms with van der Waals surface area (Å²) in [4.78, 5) is 59.4. The summed E-state index contributed by atoms with van der Waals surface area (Å²) in [6.07, 6.45) is 5.09. The molecule has 5 rings (SSSR count). The summed E-state index contributed by atoms with van der Waals surface area (Å²) in [5.74, 6) is 0.307. The van der Waals surface area contributed by atoms with Gasteiger partial charge in [0.15, 0.2) is 0 Å². The Labute approximate surface area is 286 Å². The molecule has 2 amide bonds. The number of thioether (sulfide) groups is 1. The van der Waals surface area contributed by atoms with Crippen LogP contribution in [-0.2, 0) is 19.1 Å². The first-order chi connectivity index (χ1) is 22.7. The Bertz CT molecular complexity index is 1530. The number of pyridine rings is 1. The molecule has 2 aromatic rings. The molecule has 1 aliphatic carbocycles. The SMILES string of the molecule is COc1ccc2c(O[C@@H]3C[C@H]4C(C=O)N[C@]5(C(=O)O)C[C@H]5CCCCCSC(C)(C)[C@H](NC(=O)OC(C)(C)C)C(=O)N4C3)nccc2c1. The van der Waals surface area contributed by atoms with Crippen molar-refractivity contribution in [2.24, 2.45) is 5.92 Å². The van der Waals surface area contributed by atoms with Gasteiger partial charge in [-0.2, -0.15) is 11.8 Å². The van der Waals surface area contributed by atoms with E-state index in [0.29, 0.717) is 24.3 Å². The molecule has 3 fully saturated rings. The topological polar surface area (TPSA) is 156 Å². The van der Waals surface area contributed by atoms with Crippen molar-refractivity contribution >= 4 is 46.8 Å². The number of carbonyl (C=O) groups is 4. The lowest BCUT2D eigenvalue weighted by Crippen LogP contribution is -2.62. The van der Waals surface area contributed by atoms with E-state index >= 15 is 0 Å². The molecule has 0 bridgehead atoms. The maximum Gasteiger partial charge on any atom is 0.408 e. The van der Waals surface area contributed by atoms with Crippen LogP contribution in [0.25, 0.3) is 10.8 Å². The number of amides is 2. The van der Waals surface area contributed by atoms with E-state index in [2.05, 4.69) is 15.6 Å². The fourth-order valence-electron chi connectivity index (χ4n) is 6.92. The number of benzene rings is 1. The number of ether oxygens (including phenoxy) is 3. The summed E-state index contributed by atoms with van der Waals surface area (Å²) >= 11 is 1.60. The molecule has 12 nitrogen and oxygen atoms in total. The van der Waals surface area contributed by atoms with Gasteiger partial charge in [-0.05, 0) is 95.2 Å². The molecule has 48 heavy (non-hydrogen) atoms. The van der Waals surface area contributed by atoms with Crippen molar-refractivity contribution in [2.45, 2.75) is 113 Å². The molecule has 2 saturated heterocycles. The quantitative estimate of drug-likeness (QED) is 0.367. The minimum atomic E-state index is -1.24. The normalized spacial score (nSPS) is 29.4. The lowest BCUT2D eigenvalue weighted by Gasteiger charge is -2.39. The number of carbonyl (C=O) groups excluding carboxylic acids is 3. The van der Waals surface area contributed by atoms with Crippen molar-refractivity contribution in [1.29, 1.82) is 0 Å². The van der Waals surface area contributed by atoms with Crippen LogP contribution in [0, 0.1) is 5.92 Å². The standard InChI is InChI=1S/C35H48N4O8S/c1-33(2,3)47-32(44)37-28-30(41)39-19-24(46-29-25-12-11-23(45-6)16-21(25)13-14-36-29)17-27(39)26(20-40)38-35(31(42)43)18-22(35)10-8-7-9-15-48-34(28,4)5/h11-14,16,20,22,24,26-28,38H,7-10,15,17-19H2,1-6H3,(H,37,44)(H,42,43)/t22-,24-,26?,27+,28-,35-/m1/s1. The number of fused-ring (bicyclic) bond motifs is 3. The van der Waals surface area contributed by atoms with E-state index < -0.39 is 58.1 Å². The number of methoxy groups -OCH3 is 1. The Balaban J connectivity index is 1.51. The van der Waals surface area contributed by atoms with E-state index in [9.17, 15) is 24.3 Å². The molecule has 2 aliphatic heterocycles. The molecule has 13 heteroatoms. The third kappa shape index (κ3) is 7.83. The second-order valence-electron chi connectivity index (χ2n) is 14.6. The summed E-state index contributed by atoms with van der Waals surface area (Å²) in [6, 6.07) is 4.65. The number of aromatic nitrogens is 1. The van der Waals surface area contributed by atoms with Crippen molar-refractivity contribution < 1.29 is 38.5 Å². The van der Waals surface area contributed by atoms with Gasteiger partial charge in [-0.3, -0.25) is 14.9 Å². The van der Waals surface area contributed by atoms with Crippen molar-refractivity contribution in [3.05, 3.63) is 30.5 Å². The zero-order chi connectivity index (χ0) is 34.9. The second-order valence-corrected chi connectivity index (χ2v) is 16.4. The zero-order valence-corrected chi connectivity index (χ0v) is 29.4. The molecule has 1 saturated carbocycles. The van der Waals surface area contributed by atoms with Gasteiger partial charge < -0.3 is 34.3 Å². The number of aldehydes is 1. The highest BCUT2D eigenvalue weighted by Crippen LogP contribution is 2.48. The number of nitrogens with one attached hydrogen (secondary N) is 2. The monoisotopic (exact) mass is 684 g/mol. The van der Waals surface area contributed by atoms with Crippen LogP contribution >= 0.6 is 11.8 Å². The van der Waals surface area contributed by atoms with E-state index in [-0.39, 0.29) is 18.9 Å². The van der Waals surface area contributed by atoms with Crippen molar-refractivity contribution in [2.75, 3.05) is 19.4 Å². The molecular formula is C35H48N4O8S. The number of alkyl carbamates (subject to hydrolysis) is 1. The van der Waals surface area contributed by atoms with Crippen LogP contribution < -0.4 is 20.1 Å². The number of hydrogen-bond donors (Lipinski definition) is 3. The van der Waals surface area contributed by atoms with Crippen LogP contribution in [0.2, 0.25) is 0 Å². The summed E-state index contributed by atoms with van der Waals surface area (Å²) in [5, 5.41) is 18.0. The fraction of sp³-hybridized carbons (Fsp3) is 0.629. The lowest BCUT2D eigenvalue weighted by molar-refractivity contribution is -0.142. The Morgan fingerprint density at radius 2 is 1.96 bits per heavy atom. The van der Waals surface area contributed by atoms with Crippen LogP contribution in [0.5, 0.6) is 11.6 Å². The number of carboxylic acid groups (broad SMARTS) is 1. The number of aliphatic carboxylic acids is 1. The molecule has 3 N–H and O–H groups in total. The highest BCUT2D eigenvalue weighted by Gasteiger charge is 2.62.